The molecule has 4 heteroatoms. The van der Waals surface area contributed by atoms with E-state index < -0.39 is 0 Å². The van der Waals surface area contributed by atoms with Gasteiger partial charge in [0.1, 0.15) is 0 Å². The SMILES string of the molecule is COc1ccc([C@@H]2CN(C(C)(C)C)C[C@H]2C#N)cc1F. The molecule has 108 valence electrons. The Balaban J connectivity index is 2.28. The van der Waals surface area contributed by atoms with E-state index in [1.54, 1.807) is 6.07 Å². The number of hydrogen-bond donors (Lipinski definition) is 0. The van der Waals surface area contributed by atoms with Gasteiger partial charge in [-0.3, -0.25) is 4.90 Å². The van der Waals surface area contributed by atoms with Crippen molar-refractivity contribution in [3.8, 4) is 11.8 Å². The molecule has 1 fully saturated rings. The van der Waals surface area contributed by atoms with Crippen molar-refractivity contribution in [2.75, 3.05) is 20.2 Å². The van der Waals surface area contributed by atoms with Gasteiger partial charge in [-0.15, -0.1) is 0 Å². The van der Waals surface area contributed by atoms with Crippen molar-refractivity contribution in [2.24, 2.45) is 5.92 Å². The summed E-state index contributed by atoms with van der Waals surface area (Å²) in [7, 11) is 1.45. The van der Waals surface area contributed by atoms with E-state index in [2.05, 4.69) is 31.7 Å². The zero-order chi connectivity index (χ0) is 14.9. The topological polar surface area (TPSA) is 36.3 Å². The van der Waals surface area contributed by atoms with Gasteiger partial charge in [0, 0.05) is 24.5 Å². The van der Waals surface area contributed by atoms with Crippen molar-refractivity contribution in [3.63, 3.8) is 0 Å². The number of likely N-dealkylation sites (tertiary alicyclic amines) is 1. The molecule has 0 saturated carbocycles. The van der Waals surface area contributed by atoms with Crippen molar-refractivity contribution in [2.45, 2.75) is 32.2 Å². The van der Waals surface area contributed by atoms with Gasteiger partial charge >= 0.3 is 0 Å². The fourth-order valence-electron chi connectivity index (χ4n) is 2.73. The number of nitriles is 1. The molecule has 1 saturated heterocycles. The fraction of sp³-hybridized carbons (Fsp3) is 0.562. The fourth-order valence-corrected chi connectivity index (χ4v) is 2.73. The number of halogens is 1. The van der Waals surface area contributed by atoms with Crippen LogP contribution < -0.4 is 4.74 Å². The van der Waals surface area contributed by atoms with E-state index in [4.69, 9.17) is 4.74 Å². The molecule has 0 radical (unpaired) electrons. The monoisotopic (exact) mass is 276 g/mol. The summed E-state index contributed by atoms with van der Waals surface area (Å²) >= 11 is 0. The molecule has 0 N–H and O–H groups in total. The quantitative estimate of drug-likeness (QED) is 0.832. The smallest absolute Gasteiger partial charge is 0.165 e. The van der Waals surface area contributed by atoms with Crippen LogP contribution in [0.3, 0.4) is 0 Å². The number of rotatable bonds is 2. The third-order valence-electron chi connectivity index (χ3n) is 4.04. The summed E-state index contributed by atoms with van der Waals surface area (Å²) in [6.07, 6.45) is 0. The molecule has 0 unspecified atom stereocenters. The summed E-state index contributed by atoms with van der Waals surface area (Å²) in [6, 6.07) is 7.37. The van der Waals surface area contributed by atoms with Gasteiger partial charge in [0.2, 0.25) is 0 Å². The summed E-state index contributed by atoms with van der Waals surface area (Å²) in [6.45, 7) is 7.93. The van der Waals surface area contributed by atoms with Crippen LogP contribution in [0, 0.1) is 23.1 Å². The Labute approximate surface area is 120 Å². The van der Waals surface area contributed by atoms with Crippen LogP contribution in [0.4, 0.5) is 4.39 Å². The van der Waals surface area contributed by atoms with Gasteiger partial charge in [-0.25, -0.2) is 4.39 Å². The molecule has 2 rings (SSSR count). The molecule has 0 spiro atoms. The second-order valence-electron chi connectivity index (χ2n) is 6.31. The zero-order valence-corrected chi connectivity index (χ0v) is 12.5. The number of hydrogen-bond acceptors (Lipinski definition) is 3. The Morgan fingerprint density at radius 2 is 2.05 bits per heavy atom. The molecule has 20 heavy (non-hydrogen) atoms. The number of ether oxygens (including phenoxy) is 1. The summed E-state index contributed by atoms with van der Waals surface area (Å²) < 4.78 is 18.8. The molecule has 1 aliphatic rings. The van der Waals surface area contributed by atoms with Crippen molar-refractivity contribution >= 4 is 0 Å². The zero-order valence-electron chi connectivity index (χ0n) is 12.5. The highest BCUT2D eigenvalue weighted by Crippen LogP contribution is 2.36. The molecule has 0 aliphatic carbocycles. The average Bonchev–Trinajstić information content (AvgIpc) is 2.82. The first-order valence-electron chi connectivity index (χ1n) is 6.85. The van der Waals surface area contributed by atoms with Crippen LogP contribution in [0.15, 0.2) is 18.2 Å². The van der Waals surface area contributed by atoms with Gasteiger partial charge in [-0.2, -0.15) is 5.26 Å². The lowest BCUT2D eigenvalue weighted by atomic mass is 9.90. The average molecular weight is 276 g/mol. The van der Waals surface area contributed by atoms with E-state index in [0.29, 0.717) is 0 Å². The van der Waals surface area contributed by atoms with E-state index in [1.165, 1.54) is 13.2 Å². The maximum atomic E-state index is 13.8. The van der Waals surface area contributed by atoms with Gasteiger partial charge in [-0.1, -0.05) is 6.07 Å². The summed E-state index contributed by atoms with van der Waals surface area (Å²) in [5, 5.41) is 9.36. The molecule has 1 aromatic rings. The predicted molar refractivity (Wildman–Crippen MR) is 76.1 cm³/mol. The summed E-state index contributed by atoms with van der Waals surface area (Å²) in [4.78, 5) is 2.29. The van der Waals surface area contributed by atoms with Crippen LogP contribution >= 0.6 is 0 Å². The Morgan fingerprint density at radius 1 is 1.35 bits per heavy atom. The van der Waals surface area contributed by atoms with Crippen LogP contribution in [0.25, 0.3) is 0 Å². The van der Waals surface area contributed by atoms with E-state index in [9.17, 15) is 9.65 Å². The van der Waals surface area contributed by atoms with Crippen LogP contribution in [0.1, 0.15) is 32.3 Å². The normalized spacial score (nSPS) is 23.6. The third-order valence-corrected chi connectivity index (χ3v) is 4.04. The molecule has 3 nitrogen and oxygen atoms in total. The van der Waals surface area contributed by atoms with Crippen molar-refractivity contribution in [3.05, 3.63) is 29.6 Å². The Kier molecular flexibility index (Phi) is 4.01. The van der Waals surface area contributed by atoms with Gasteiger partial charge in [0.05, 0.1) is 19.1 Å². The summed E-state index contributed by atoms with van der Waals surface area (Å²) in [5.41, 5.74) is 0.899. The molecule has 0 amide bonds. The Bertz CT molecular complexity index is 530. The third kappa shape index (κ3) is 2.78. The van der Waals surface area contributed by atoms with Crippen molar-refractivity contribution < 1.29 is 9.13 Å². The highest BCUT2D eigenvalue weighted by atomic mass is 19.1. The van der Waals surface area contributed by atoms with Crippen LogP contribution in [0.5, 0.6) is 5.75 Å². The van der Waals surface area contributed by atoms with Crippen LogP contribution in [0.2, 0.25) is 0 Å². The first kappa shape index (κ1) is 14.8. The molecular formula is C16H21FN2O. The predicted octanol–water partition coefficient (Wildman–Crippen LogP) is 3.17. The van der Waals surface area contributed by atoms with Gasteiger partial charge in [-0.05, 0) is 38.5 Å². The van der Waals surface area contributed by atoms with Gasteiger partial charge < -0.3 is 4.74 Å². The Hall–Kier alpha value is -1.60. The van der Waals surface area contributed by atoms with Crippen molar-refractivity contribution in [1.82, 2.24) is 4.90 Å². The van der Waals surface area contributed by atoms with Gasteiger partial charge in [0.15, 0.2) is 11.6 Å². The number of benzene rings is 1. The highest BCUT2D eigenvalue weighted by Gasteiger charge is 2.38. The summed E-state index contributed by atoms with van der Waals surface area (Å²) in [5.74, 6) is -0.162. The lowest BCUT2D eigenvalue weighted by molar-refractivity contribution is 0.170. The van der Waals surface area contributed by atoms with E-state index in [1.807, 2.05) is 6.07 Å². The molecule has 0 bridgehead atoms. The molecule has 1 aliphatic heterocycles. The minimum absolute atomic E-state index is 0.0227. The molecular weight excluding hydrogens is 255 g/mol. The van der Waals surface area contributed by atoms with E-state index in [0.717, 1.165) is 18.7 Å². The van der Waals surface area contributed by atoms with Crippen molar-refractivity contribution in [1.29, 1.82) is 5.26 Å². The minimum Gasteiger partial charge on any atom is -0.494 e. The molecule has 1 heterocycles. The molecule has 0 aromatic heterocycles. The first-order chi connectivity index (χ1) is 9.36. The second-order valence-corrected chi connectivity index (χ2v) is 6.31. The second kappa shape index (κ2) is 5.41. The maximum absolute atomic E-state index is 13.8. The molecule has 2 atom stereocenters. The van der Waals surface area contributed by atoms with Gasteiger partial charge in [0.25, 0.3) is 0 Å². The minimum atomic E-state index is -0.365. The molecule has 1 aromatic carbocycles. The Morgan fingerprint density at radius 3 is 2.55 bits per heavy atom. The maximum Gasteiger partial charge on any atom is 0.165 e. The standard InChI is InChI=1S/C16H21FN2O/c1-16(2,3)19-9-12(8-18)13(10-19)11-5-6-15(20-4)14(17)7-11/h5-7,12-13H,9-10H2,1-4H3/t12-,13+/m1/s1. The highest BCUT2D eigenvalue weighted by molar-refractivity contribution is 5.33. The first-order valence-corrected chi connectivity index (χ1v) is 6.85. The van der Waals surface area contributed by atoms with Crippen LogP contribution in [-0.4, -0.2) is 30.6 Å². The number of methoxy groups -OCH3 is 1. The number of nitrogens with zero attached hydrogens (tertiary/aromatic N) is 2. The largest absolute Gasteiger partial charge is 0.494 e. The van der Waals surface area contributed by atoms with E-state index in [-0.39, 0.29) is 28.9 Å². The lowest BCUT2D eigenvalue weighted by Gasteiger charge is -2.31. The van der Waals surface area contributed by atoms with E-state index >= 15 is 0 Å². The van der Waals surface area contributed by atoms with Crippen LogP contribution in [-0.2, 0) is 0 Å². The lowest BCUT2D eigenvalue weighted by Crippen LogP contribution is -2.39.